The maximum atomic E-state index is 9.74. The van der Waals surface area contributed by atoms with Crippen LogP contribution in [0, 0.1) is 0 Å². The monoisotopic (exact) mass is 358 g/mol. The summed E-state index contributed by atoms with van der Waals surface area (Å²) >= 11 is 0. The summed E-state index contributed by atoms with van der Waals surface area (Å²) in [6.07, 6.45) is -3.38. The van der Waals surface area contributed by atoms with Crippen molar-refractivity contribution >= 4 is 0 Å². The summed E-state index contributed by atoms with van der Waals surface area (Å²) in [4.78, 5) is 0. The fourth-order valence-electron chi connectivity index (χ4n) is 3.40. The molecule has 138 valence electrons. The lowest BCUT2D eigenvalue weighted by molar-refractivity contribution is -0.107. The van der Waals surface area contributed by atoms with Gasteiger partial charge in [-0.3, -0.25) is 0 Å². The van der Waals surface area contributed by atoms with Crippen LogP contribution in [-0.4, -0.2) is 47.8 Å². The van der Waals surface area contributed by atoms with E-state index in [0.29, 0.717) is 0 Å². The summed E-state index contributed by atoms with van der Waals surface area (Å²) in [5.41, 5.74) is 1.74. The second-order valence-electron chi connectivity index (χ2n) is 6.40. The van der Waals surface area contributed by atoms with Gasteiger partial charge in [-0.25, -0.2) is 0 Å². The Kier molecular flexibility index (Phi) is 5.31. The molecular weight excluding hydrogens is 336 g/mol. The molecule has 6 atom stereocenters. The SMILES string of the molecule is OC[C@@H]1O[C@H](c2ccccc2)O[C@@H]1[C@@H]1O[C@H](c2ccccc2)O[C@@H]1CO. The van der Waals surface area contributed by atoms with Gasteiger partial charge in [0.15, 0.2) is 12.6 Å². The molecule has 0 aliphatic carbocycles. The third kappa shape index (κ3) is 3.40. The summed E-state index contributed by atoms with van der Waals surface area (Å²) in [6, 6.07) is 19.1. The highest BCUT2D eigenvalue weighted by Gasteiger charge is 2.49. The molecule has 2 N–H and O–H groups in total. The molecule has 2 aromatic carbocycles. The number of ether oxygens (including phenoxy) is 4. The van der Waals surface area contributed by atoms with Crippen molar-refractivity contribution in [1.29, 1.82) is 0 Å². The fraction of sp³-hybridized carbons (Fsp3) is 0.400. The van der Waals surface area contributed by atoms with Gasteiger partial charge in [0.05, 0.1) is 13.2 Å². The minimum absolute atomic E-state index is 0.206. The van der Waals surface area contributed by atoms with Crippen LogP contribution in [0.2, 0.25) is 0 Å². The maximum Gasteiger partial charge on any atom is 0.184 e. The van der Waals surface area contributed by atoms with E-state index in [0.717, 1.165) is 11.1 Å². The van der Waals surface area contributed by atoms with Crippen molar-refractivity contribution in [1.82, 2.24) is 0 Å². The lowest BCUT2D eigenvalue weighted by atomic mass is 10.0. The molecule has 0 amide bonds. The van der Waals surface area contributed by atoms with E-state index < -0.39 is 37.0 Å². The highest BCUT2D eigenvalue weighted by molar-refractivity contribution is 5.18. The van der Waals surface area contributed by atoms with Gasteiger partial charge in [-0.1, -0.05) is 60.7 Å². The Labute approximate surface area is 151 Å². The molecule has 6 nitrogen and oxygen atoms in total. The first kappa shape index (κ1) is 17.6. The van der Waals surface area contributed by atoms with Crippen molar-refractivity contribution < 1.29 is 29.2 Å². The lowest BCUT2D eigenvalue weighted by Crippen LogP contribution is -2.44. The van der Waals surface area contributed by atoms with Crippen molar-refractivity contribution in [3.8, 4) is 0 Å². The van der Waals surface area contributed by atoms with Crippen molar-refractivity contribution in [3.05, 3.63) is 71.8 Å². The van der Waals surface area contributed by atoms with Crippen LogP contribution in [0.5, 0.6) is 0 Å². The minimum Gasteiger partial charge on any atom is -0.394 e. The first-order valence-corrected chi connectivity index (χ1v) is 8.73. The Balaban J connectivity index is 1.53. The van der Waals surface area contributed by atoms with Gasteiger partial charge >= 0.3 is 0 Å². The van der Waals surface area contributed by atoms with Crippen LogP contribution in [0.3, 0.4) is 0 Å². The van der Waals surface area contributed by atoms with Gasteiger partial charge in [0.1, 0.15) is 24.4 Å². The smallest absolute Gasteiger partial charge is 0.184 e. The second kappa shape index (κ2) is 7.84. The fourth-order valence-corrected chi connectivity index (χ4v) is 3.40. The molecule has 4 rings (SSSR count). The van der Waals surface area contributed by atoms with Crippen LogP contribution in [0.25, 0.3) is 0 Å². The number of aliphatic hydroxyl groups excluding tert-OH is 2. The van der Waals surface area contributed by atoms with Crippen LogP contribution in [0.15, 0.2) is 60.7 Å². The number of rotatable bonds is 5. The van der Waals surface area contributed by atoms with Crippen molar-refractivity contribution in [2.24, 2.45) is 0 Å². The molecule has 2 saturated heterocycles. The molecule has 0 radical (unpaired) electrons. The van der Waals surface area contributed by atoms with Crippen molar-refractivity contribution in [2.45, 2.75) is 37.0 Å². The van der Waals surface area contributed by atoms with Crippen LogP contribution in [0.1, 0.15) is 23.7 Å². The quantitative estimate of drug-likeness (QED) is 0.851. The van der Waals surface area contributed by atoms with E-state index in [1.807, 2.05) is 60.7 Å². The zero-order chi connectivity index (χ0) is 17.9. The number of hydrogen-bond acceptors (Lipinski definition) is 6. The topological polar surface area (TPSA) is 77.4 Å². The highest BCUT2D eigenvalue weighted by Crippen LogP contribution is 2.40. The van der Waals surface area contributed by atoms with Crippen LogP contribution in [0.4, 0.5) is 0 Å². The molecule has 2 fully saturated rings. The first-order valence-electron chi connectivity index (χ1n) is 8.73. The zero-order valence-corrected chi connectivity index (χ0v) is 14.2. The number of benzene rings is 2. The van der Waals surface area contributed by atoms with Crippen molar-refractivity contribution in [2.75, 3.05) is 13.2 Å². The number of hydrogen-bond donors (Lipinski definition) is 2. The molecule has 2 aromatic rings. The Bertz CT molecular complexity index is 632. The summed E-state index contributed by atoms with van der Waals surface area (Å²) in [6.45, 7) is -0.413. The molecule has 0 saturated carbocycles. The zero-order valence-electron chi connectivity index (χ0n) is 14.2. The van der Waals surface area contributed by atoms with E-state index in [-0.39, 0.29) is 13.2 Å². The van der Waals surface area contributed by atoms with Crippen LogP contribution >= 0.6 is 0 Å². The Hall–Kier alpha value is -1.80. The highest BCUT2D eigenvalue weighted by atomic mass is 16.8. The first-order chi connectivity index (χ1) is 12.8. The third-order valence-electron chi connectivity index (χ3n) is 4.72. The van der Waals surface area contributed by atoms with E-state index in [9.17, 15) is 10.2 Å². The van der Waals surface area contributed by atoms with Gasteiger partial charge in [-0.05, 0) is 0 Å². The Morgan fingerprint density at radius 3 is 1.31 bits per heavy atom. The molecule has 0 spiro atoms. The maximum absolute atomic E-state index is 9.74. The molecule has 0 unspecified atom stereocenters. The predicted octanol–water partition coefficient (Wildman–Crippen LogP) is 1.94. The lowest BCUT2D eigenvalue weighted by Gasteiger charge is -2.23. The predicted molar refractivity (Wildman–Crippen MR) is 92.0 cm³/mol. The standard InChI is InChI=1S/C20H22O6/c21-11-15-17(25-19(23-15)13-7-3-1-4-8-13)18-16(12-22)24-20(26-18)14-9-5-2-6-10-14/h1-10,15-22H,11-12H2/t15-,16+,17-,18+,19-,20+. The van der Waals surface area contributed by atoms with Gasteiger partial charge in [0.2, 0.25) is 0 Å². The Morgan fingerprint density at radius 1 is 0.577 bits per heavy atom. The van der Waals surface area contributed by atoms with Crippen molar-refractivity contribution in [3.63, 3.8) is 0 Å². The third-order valence-corrected chi connectivity index (χ3v) is 4.72. The van der Waals surface area contributed by atoms with E-state index in [1.165, 1.54) is 0 Å². The van der Waals surface area contributed by atoms with Gasteiger partial charge in [-0.2, -0.15) is 0 Å². The molecule has 2 heterocycles. The van der Waals surface area contributed by atoms with E-state index in [4.69, 9.17) is 18.9 Å². The van der Waals surface area contributed by atoms with Gasteiger partial charge in [-0.15, -0.1) is 0 Å². The molecule has 2 aliphatic rings. The molecule has 2 aliphatic heterocycles. The van der Waals surface area contributed by atoms with Gasteiger partial charge in [0.25, 0.3) is 0 Å². The summed E-state index contributed by atoms with van der Waals surface area (Å²) in [5.74, 6) is 0. The average Bonchev–Trinajstić information content (AvgIpc) is 3.33. The molecule has 0 aromatic heterocycles. The molecule has 6 heteroatoms. The van der Waals surface area contributed by atoms with Crippen LogP contribution < -0.4 is 0 Å². The normalized spacial score (nSPS) is 34.2. The van der Waals surface area contributed by atoms with E-state index in [2.05, 4.69) is 0 Å². The number of aliphatic hydroxyl groups is 2. The summed E-state index contributed by atoms with van der Waals surface area (Å²) in [5, 5.41) is 19.5. The largest absolute Gasteiger partial charge is 0.394 e. The van der Waals surface area contributed by atoms with Gasteiger partial charge in [0, 0.05) is 11.1 Å². The molecular formula is C20H22O6. The molecule has 0 bridgehead atoms. The van der Waals surface area contributed by atoms with E-state index >= 15 is 0 Å². The van der Waals surface area contributed by atoms with E-state index in [1.54, 1.807) is 0 Å². The van der Waals surface area contributed by atoms with Gasteiger partial charge < -0.3 is 29.2 Å². The van der Waals surface area contributed by atoms with Crippen LogP contribution in [-0.2, 0) is 18.9 Å². The molecule has 26 heavy (non-hydrogen) atoms. The summed E-state index contributed by atoms with van der Waals surface area (Å²) < 4.78 is 23.8. The second-order valence-corrected chi connectivity index (χ2v) is 6.40. The summed E-state index contributed by atoms with van der Waals surface area (Å²) in [7, 11) is 0. The minimum atomic E-state index is -0.586. The average molecular weight is 358 g/mol. The Morgan fingerprint density at radius 2 is 0.962 bits per heavy atom.